The summed E-state index contributed by atoms with van der Waals surface area (Å²) in [6, 6.07) is 18.4. The Morgan fingerprint density at radius 1 is 0.962 bits per heavy atom. The fraction of sp³-hybridized carbons (Fsp3) is 0.143. The van der Waals surface area contributed by atoms with Crippen LogP contribution in [0, 0.1) is 5.82 Å². The van der Waals surface area contributed by atoms with Crippen molar-refractivity contribution in [3.63, 3.8) is 0 Å². The molecule has 2 heterocycles. The SMILES string of the molecule is O=C(c1ccccc1)c1ccc2n1CC[C@@H]2C(=O)Nc1ccc(F)cc1. The summed E-state index contributed by atoms with van der Waals surface area (Å²) in [6.45, 7) is 0.623. The monoisotopic (exact) mass is 348 g/mol. The van der Waals surface area contributed by atoms with Gasteiger partial charge < -0.3 is 9.88 Å². The minimum Gasteiger partial charge on any atom is -0.341 e. The molecule has 0 bridgehead atoms. The zero-order valence-electron chi connectivity index (χ0n) is 14.0. The lowest BCUT2D eigenvalue weighted by Gasteiger charge is -2.10. The number of fused-ring (bicyclic) bond motifs is 1. The summed E-state index contributed by atoms with van der Waals surface area (Å²) >= 11 is 0. The van der Waals surface area contributed by atoms with Crippen molar-refractivity contribution < 1.29 is 14.0 Å². The lowest BCUT2D eigenvalue weighted by molar-refractivity contribution is -0.117. The first kappa shape index (κ1) is 16.3. The summed E-state index contributed by atoms with van der Waals surface area (Å²) in [5.74, 6) is -0.859. The number of hydrogen-bond donors (Lipinski definition) is 1. The molecular weight excluding hydrogens is 331 g/mol. The number of benzene rings is 2. The van der Waals surface area contributed by atoms with Crippen LogP contribution >= 0.6 is 0 Å². The fourth-order valence-corrected chi connectivity index (χ4v) is 3.41. The van der Waals surface area contributed by atoms with Gasteiger partial charge in [-0.3, -0.25) is 9.59 Å². The number of ketones is 1. The maximum atomic E-state index is 13.0. The summed E-state index contributed by atoms with van der Waals surface area (Å²) in [7, 11) is 0. The van der Waals surface area contributed by atoms with E-state index in [1.165, 1.54) is 24.3 Å². The smallest absolute Gasteiger partial charge is 0.233 e. The second-order valence-corrected chi connectivity index (χ2v) is 6.33. The molecule has 0 spiro atoms. The first-order valence-corrected chi connectivity index (χ1v) is 8.49. The highest BCUT2D eigenvalue weighted by atomic mass is 19.1. The average Bonchev–Trinajstić information content (AvgIpc) is 3.26. The summed E-state index contributed by atoms with van der Waals surface area (Å²) in [4.78, 5) is 25.3. The molecule has 0 saturated heterocycles. The first-order chi connectivity index (χ1) is 12.6. The van der Waals surface area contributed by atoms with Gasteiger partial charge in [-0.2, -0.15) is 0 Å². The van der Waals surface area contributed by atoms with E-state index in [0.29, 0.717) is 29.9 Å². The van der Waals surface area contributed by atoms with E-state index in [1.54, 1.807) is 18.2 Å². The zero-order chi connectivity index (χ0) is 18.1. The van der Waals surface area contributed by atoms with Crippen LogP contribution in [-0.4, -0.2) is 16.3 Å². The van der Waals surface area contributed by atoms with E-state index in [1.807, 2.05) is 28.8 Å². The third kappa shape index (κ3) is 2.92. The quantitative estimate of drug-likeness (QED) is 0.725. The van der Waals surface area contributed by atoms with Gasteiger partial charge in [0.05, 0.1) is 11.6 Å². The topological polar surface area (TPSA) is 51.1 Å². The number of carbonyl (C=O) groups excluding carboxylic acids is 2. The van der Waals surface area contributed by atoms with Crippen LogP contribution < -0.4 is 5.32 Å². The van der Waals surface area contributed by atoms with Crippen LogP contribution in [0.4, 0.5) is 10.1 Å². The summed E-state index contributed by atoms with van der Waals surface area (Å²) in [5, 5.41) is 2.82. The minimum atomic E-state index is -0.346. The second-order valence-electron chi connectivity index (χ2n) is 6.33. The molecule has 1 amide bonds. The Morgan fingerprint density at radius 3 is 2.42 bits per heavy atom. The molecule has 26 heavy (non-hydrogen) atoms. The molecule has 4 rings (SSSR count). The normalized spacial score (nSPS) is 15.5. The van der Waals surface area contributed by atoms with Gasteiger partial charge in [0.1, 0.15) is 5.82 Å². The lowest BCUT2D eigenvalue weighted by Crippen LogP contribution is -2.19. The van der Waals surface area contributed by atoms with Crippen molar-refractivity contribution in [3.05, 3.63) is 89.5 Å². The number of nitrogens with zero attached hydrogens (tertiary/aromatic N) is 1. The van der Waals surface area contributed by atoms with Crippen molar-refractivity contribution in [1.82, 2.24) is 4.57 Å². The predicted molar refractivity (Wildman–Crippen MR) is 96.7 cm³/mol. The highest BCUT2D eigenvalue weighted by Crippen LogP contribution is 2.32. The molecule has 3 aromatic rings. The van der Waals surface area contributed by atoms with Gasteiger partial charge in [0.25, 0.3) is 0 Å². The van der Waals surface area contributed by atoms with Gasteiger partial charge in [-0.05, 0) is 42.8 Å². The third-order valence-electron chi connectivity index (χ3n) is 4.71. The van der Waals surface area contributed by atoms with E-state index in [-0.39, 0.29) is 23.4 Å². The van der Waals surface area contributed by atoms with Crippen molar-refractivity contribution in [2.24, 2.45) is 0 Å². The third-order valence-corrected chi connectivity index (χ3v) is 4.71. The van der Waals surface area contributed by atoms with Crippen LogP contribution in [0.15, 0.2) is 66.7 Å². The molecule has 1 aliphatic rings. The largest absolute Gasteiger partial charge is 0.341 e. The van der Waals surface area contributed by atoms with Gasteiger partial charge in [-0.1, -0.05) is 30.3 Å². The van der Waals surface area contributed by atoms with Crippen LogP contribution in [0.5, 0.6) is 0 Å². The van der Waals surface area contributed by atoms with Gasteiger partial charge >= 0.3 is 0 Å². The number of aromatic nitrogens is 1. The Morgan fingerprint density at radius 2 is 1.69 bits per heavy atom. The standard InChI is InChI=1S/C21H17FN2O2/c22-15-6-8-16(9-7-15)23-21(26)17-12-13-24-18(17)10-11-19(24)20(25)14-4-2-1-3-5-14/h1-11,17H,12-13H2,(H,23,26)/t17-/m0/s1. The van der Waals surface area contributed by atoms with Crippen LogP contribution in [0.25, 0.3) is 0 Å². The summed E-state index contributed by atoms with van der Waals surface area (Å²) in [5.41, 5.74) is 2.63. The first-order valence-electron chi connectivity index (χ1n) is 8.49. The zero-order valence-corrected chi connectivity index (χ0v) is 14.0. The molecule has 130 valence electrons. The maximum absolute atomic E-state index is 13.0. The van der Waals surface area contributed by atoms with Crippen LogP contribution in [0.3, 0.4) is 0 Å². The number of carbonyl (C=O) groups is 2. The highest BCUT2D eigenvalue weighted by Gasteiger charge is 2.31. The summed E-state index contributed by atoms with van der Waals surface area (Å²) < 4.78 is 14.9. The molecule has 5 heteroatoms. The molecule has 2 aromatic carbocycles. The molecular formula is C21H17FN2O2. The van der Waals surface area contributed by atoms with Gasteiger partial charge in [0.15, 0.2) is 0 Å². The van der Waals surface area contributed by atoms with E-state index < -0.39 is 0 Å². The molecule has 1 atom stereocenters. The number of halogens is 1. The Bertz CT molecular complexity index is 961. The molecule has 0 aliphatic carbocycles. The summed E-state index contributed by atoms with van der Waals surface area (Å²) in [6.07, 6.45) is 0.637. The van der Waals surface area contributed by atoms with Gasteiger partial charge in [-0.15, -0.1) is 0 Å². The molecule has 0 fully saturated rings. The highest BCUT2D eigenvalue weighted by molar-refractivity contribution is 6.08. The maximum Gasteiger partial charge on any atom is 0.233 e. The molecule has 1 aliphatic heterocycles. The molecule has 0 unspecified atom stereocenters. The van der Waals surface area contributed by atoms with E-state index >= 15 is 0 Å². The van der Waals surface area contributed by atoms with Gasteiger partial charge in [0.2, 0.25) is 11.7 Å². The predicted octanol–water partition coefficient (Wildman–Crippen LogP) is 3.98. The second kappa shape index (κ2) is 6.59. The van der Waals surface area contributed by atoms with Crippen molar-refractivity contribution in [1.29, 1.82) is 0 Å². The van der Waals surface area contributed by atoms with E-state index in [9.17, 15) is 14.0 Å². The number of rotatable bonds is 4. The number of nitrogens with one attached hydrogen (secondary N) is 1. The Kier molecular flexibility index (Phi) is 4.13. The van der Waals surface area contributed by atoms with Gasteiger partial charge in [0, 0.05) is 23.5 Å². The van der Waals surface area contributed by atoms with Crippen LogP contribution in [0.2, 0.25) is 0 Å². The molecule has 0 radical (unpaired) electrons. The van der Waals surface area contributed by atoms with Gasteiger partial charge in [-0.25, -0.2) is 4.39 Å². The van der Waals surface area contributed by atoms with Crippen molar-refractivity contribution >= 4 is 17.4 Å². The van der Waals surface area contributed by atoms with E-state index in [2.05, 4.69) is 5.32 Å². The minimum absolute atomic E-state index is 0.0450. The Balaban J connectivity index is 1.55. The van der Waals surface area contributed by atoms with Crippen molar-refractivity contribution in [2.75, 3.05) is 5.32 Å². The average molecular weight is 348 g/mol. The molecule has 0 saturated carbocycles. The van der Waals surface area contributed by atoms with E-state index in [0.717, 1.165) is 5.69 Å². The Labute approximate surface area is 150 Å². The van der Waals surface area contributed by atoms with Crippen molar-refractivity contribution in [2.45, 2.75) is 18.9 Å². The molecule has 1 aromatic heterocycles. The molecule has 1 N–H and O–H groups in total. The lowest BCUT2D eigenvalue weighted by atomic mass is 10.0. The fourth-order valence-electron chi connectivity index (χ4n) is 3.41. The van der Waals surface area contributed by atoms with Crippen molar-refractivity contribution in [3.8, 4) is 0 Å². The van der Waals surface area contributed by atoms with Crippen LogP contribution in [-0.2, 0) is 11.3 Å². The molecule has 4 nitrogen and oxygen atoms in total. The van der Waals surface area contributed by atoms with E-state index in [4.69, 9.17) is 0 Å². The van der Waals surface area contributed by atoms with Crippen LogP contribution in [0.1, 0.15) is 34.1 Å². The number of hydrogen-bond acceptors (Lipinski definition) is 2. The number of anilines is 1. The Hall–Kier alpha value is -3.21. The number of amides is 1.